The van der Waals surface area contributed by atoms with Crippen LogP contribution in [0, 0.1) is 5.92 Å². The molecule has 0 aliphatic carbocycles. The number of hydrogen-bond donors (Lipinski definition) is 0. The summed E-state index contributed by atoms with van der Waals surface area (Å²) in [6.45, 7) is 6.87. The van der Waals surface area contributed by atoms with Gasteiger partial charge < -0.3 is 9.47 Å². The first-order valence-electron chi connectivity index (χ1n) is 9.41. The fourth-order valence-electron chi connectivity index (χ4n) is 2.62. The molecule has 0 aromatic rings. The fraction of sp³-hybridized carbons (Fsp3) is 0.895. The molecule has 0 radical (unpaired) electrons. The van der Waals surface area contributed by atoms with Crippen molar-refractivity contribution in [2.24, 2.45) is 5.92 Å². The highest BCUT2D eigenvalue weighted by Gasteiger charge is 2.07. The summed E-state index contributed by atoms with van der Waals surface area (Å²) < 4.78 is 9.85. The molecule has 0 aliphatic heterocycles. The van der Waals surface area contributed by atoms with Crippen molar-refractivity contribution in [2.75, 3.05) is 13.2 Å². The zero-order valence-corrected chi connectivity index (χ0v) is 15.4. The second-order valence-corrected chi connectivity index (χ2v) is 6.27. The topological polar surface area (TPSA) is 52.6 Å². The largest absolute Gasteiger partial charge is 0.466 e. The van der Waals surface area contributed by atoms with Crippen LogP contribution >= 0.6 is 0 Å². The molecule has 0 aliphatic rings. The summed E-state index contributed by atoms with van der Waals surface area (Å²) in [6.07, 6.45) is 11.5. The van der Waals surface area contributed by atoms with Gasteiger partial charge in [0.15, 0.2) is 0 Å². The first-order valence-corrected chi connectivity index (χ1v) is 9.41. The van der Waals surface area contributed by atoms with Gasteiger partial charge in [0.1, 0.15) is 0 Å². The van der Waals surface area contributed by atoms with Gasteiger partial charge in [-0.2, -0.15) is 0 Å². The standard InChI is InChI=1S/C19H36O4/c1-4-22-18(20)14-12-10-8-6-7-9-11-13-17(3)15-16-19(21)23-5-2/h17H,4-16H2,1-3H3. The van der Waals surface area contributed by atoms with Crippen molar-refractivity contribution in [3.8, 4) is 0 Å². The smallest absolute Gasteiger partial charge is 0.305 e. The molecule has 1 atom stereocenters. The molecule has 0 rings (SSSR count). The third-order valence-electron chi connectivity index (χ3n) is 4.03. The molecule has 1 unspecified atom stereocenters. The van der Waals surface area contributed by atoms with E-state index in [9.17, 15) is 9.59 Å². The van der Waals surface area contributed by atoms with E-state index in [2.05, 4.69) is 6.92 Å². The minimum atomic E-state index is -0.0674. The number of rotatable bonds is 15. The Hall–Kier alpha value is -1.06. The molecule has 136 valence electrons. The second kappa shape index (κ2) is 15.8. The summed E-state index contributed by atoms with van der Waals surface area (Å²) in [7, 11) is 0. The summed E-state index contributed by atoms with van der Waals surface area (Å²) in [5.74, 6) is 0.468. The summed E-state index contributed by atoms with van der Waals surface area (Å²) in [6, 6.07) is 0. The van der Waals surface area contributed by atoms with Gasteiger partial charge in [0, 0.05) is 12.8 Å². The van der Waals surface area contributed by atoms with Crippen LogP contribution in [0.25, 0.3) is 0 Å². The number of hydrogen-bond acceptors (Lipinski definition) is 4. The maximum absolute atomic E-state index is 11.3. The lowest BCUT2D eigenvalue weighted by Crippen LogP contribution is -2.06. The van der Waals surface area contributed by atoms with Crippen LogP contribution in [0.15, 0.2) is 0 Å². The molecule has 0 amide bonds. The zero-order chi connectivity index (χ0) is 17.3. The number of carbonyl (C=O) groups is 2. The molecule has 4 heteroatoms. The molecule has 0 bridgehead atoms. The Bertz CT molecular complexity index is 302. The van der Waals surface area contributed by atoms with E-state index in [1.165, 1.54) is 38.5 Å². The SMILES string of the molecule is CCOC(=O)CCCCCCCCCC(C)CCC(=O)OCC. The molecule has 0 spiro atoms. The first-order chi connectivity index (χ1) is 11.1. The highest BCUT2D eigenvalue weighted by Crippen LogP contribution is 2.17. The van der Waals surface area contributed by atoms with E-state index in [1.807, 2.05) is 13.8 Å². The molecule has 0 saturated heterocycles. The summed E-state index contributed by atoms with van der Waals surface area (Å²) in [4.78, 5) is 22.4. The van der Waals surface area contributed by atoms with Crippen molar-refractivity contribution in [3.05, 3.63) is 0 Å². The van der Waals surface area contributed by atoms with Gasteiger partial charge in [-0.15, -0.1) is 0 Å². The van der Waals surface area contributed by atoms with Gasteiger partial charge in [0.2, 0.25) is 0 Å². The number of carbonyl (C=O) groups excluding carboxylic acids is 2. The molecule has 0 N–H and O–H groups in total. The van der Waals surface area contributed by atoms with Crippen molar-refractivity contribution in [3.63, 3.8) is 0 Å². The third-order valence-corrected chi connectivity index (χ3v) is 4.03. The normalized spacial score (nSPS) is 12.0. The van der Waals surface area contributed by atoms with Crippen LogP contribution < -0.4 is 0 Å². The van der Waals surface area contributed by atoms with Crippen LogP contribution in [0.5, 0.6) is 0 Å². The summed E-state index contributed by atoms with van der Waals surface area (Å²) in [5.41, 5.74) is 0. The minimum Gasteiger partial charge on any atom is -0.466 e. The fourth-order valence-corrected chi connectivity index (χ4v) is 2.62. The van der Waals surface area contributed by atoms with E-state index >= 15 is 0 Å². The van der Waals surface area contributed by atoms with Gasteiger partial charge in [0.25, 0.3) is 0 Å². The number of esters is 2. The summed E-state index contributed by atoms with van der Waals surface area (Å²) >= 11 is 0. The average Bonchev–Trinajstić information content (AvgIpc) is 2.52. The highest BCUT2D eigenvalue weighted by molar-refractivity contribution is 5.69. The predicted octanol–water partition coefficient (Wildman–Crippen LogP) is 5.04. The maximum Gasteiger partial charge on any atom is 0.305 e. The Labute approximate surface area is 142 Å². The van der Waals surface area contributed by atoms with Gasteiger partial charge in [-0.25, -0.2) is 0 Å². The lowest BCUT2D eigenvalue weighted by Gasteiger charge is -2.10. The number of ether oxygens (including phenoxy) is 2. The molecule has 0 aromatic carbocycles. The van der Waals surface area contributed by atoms with Crippen molar-refractivity contribution >= 4 is 11.9 Å². The average molecular weight is 328 g/mol. The third kappa shape index (κ3) is 15.6. The minimum absolute atomic E-state index is 0.0655. The van der Waals surface area contributed by atoms with Crippen LogP contribution in [0.2, 0.25) is 0 Å². The van der Waals surface area contributed by atoms with E-state index in [0.29, 0.717) is 32.0 Å². The van der Waals surface area contributed by atoms with Crippen molar-refractivity contribution in [1.29, 1.82) is 0 Å². The van der Waals surface area contributed by atoms with Crippen LogP contribution in [0.3, 0.4) is 0 Å². The zero-order valence-electron chi connectivity index (χ0n) is 15.4. The molecule has 0 heterocycles. The highest BCUT2D eigenvalue weighted by atomic mass is 16.5. The van der Waals surface area contributed by atoms with Crippen LogP contribution in [-0.2, 0) is 19.1 Å². The lowest BCUT2D eigenvalue weighted by atomic mass is 9.97. The Kier molecular flexibility index (Phi) is 15.1. The molecular formula is C19H36O4. The van der Waals surface area contributed by atoms with Crippen LogP contribution in [0.1, 0.15) is 91.4 Å². The predicted molar refractivity (Wildman–Crippen MR) is 93.2 cm³/mol. The number of unbranched alkanes of at least 4 members (excludes halogenated alkanes) is 6. The first kappa shape index (κ1) is 21.9. The molecule has 4 nitrogen and oxygen atoms in total. The Balaban J connectivity index is 3.29. The van der Waals surface area contributed by atoms with E-state index in [1.54, 1.807) is 0 Å². The molecule has 0 fully saturated rings. The van der Waals surface area contributed by atoms with Crippen LogP contribution in [-0.4, -0.2) is 25.2 Å². The quantitative estimate of drug-likeness (QED) is 0.312. The van der Waals surface area contributed by atoms with Crippen molar-refractivity contribution in [2.45, 2.75) is 91.4 Å². The van der Waals surface area contributed by atoms with Crippen molar-refractivity contribution in [1.82, 2.24) is 0 Å². The molecule has 0 aromatic heterocycles. The Morgan fingerprint density at radius 2 is 1.17 bits per heavy atom. The van der Waals surface area contributed by atoms with E-state index in [4.69, 9.17) is 9.47 Å². The molecule has 0 saturated carbocycles. The Morgan fingerprint density at radius 1 is 0.696 bits per heavy atom. The monoisotopic (exact) mass is 328 g/mol. The lowest BCUT2D eigenvalue weighted by molar-refractivity contribution is -0.144. The van der Waals surface area contributed by atoms with E-state index < -0.39 is 0 Å². The molecule has 23 heavy (non-hydrogen) atoms. The summed E-state index contributed by atoms with van der Waals surface area (Å²) in [5, 5.41) is 0. The van der Waals surface area contributed by atoms with Gasteiger partial charge in [-0.05, 0) is 32.6 Å². The van der Waals surface area contributed by atoms with E-state index in [-0.39, 0.29) is 11.9 Å². The van der Waals surface area contributed by atoms with Crippen molar-refractivity contribution < 1.29 is 19.1 Å². The van der Waals surface area contributed by atoms with Gasteiger partial charge in [0.05, 0.1) is 13.2 Å². The van der Waals surface area contributed by atoms with E-state index in [0.717, 1.165) is 19.3 Å². The Morgan fingerprint density at radius 3 is 1.74 bits per heavy atom. The maximum atomic E-state index is 11.3. The van der Waals surface area contributed by atoms with Gasteiger partial charge in [-0.1, -0.05) is 51.9 Å². The second-order valence-electron chi connectivity index (χ2n) is 6.27. The van der Waals surface area contributed by atoms with Gasteiger partial charge >= 0.3 is 11.9 Å². The van der Waals surface area contributed by atoms with Crippen LogP contribution in [0.4, 0.5) is 0 Å². The molecular weight excluding hydrogens is 292 g/mol. The van der Waals surface area contributed by atoms with Gasteiger partial charge in [-0.3, -0.25) is 9.59 Å².